The lowest BCUT2D eigenvalue weighted by molar-refractivity contribution is 0.408. The summed E-state index contributed by atoms with van der Waals surface area (Å²) in [6.45, 7) is 6.30. The molecule has 2 N–H and O–H groups in total. The molecule has 0 heterocycles. The number of benzene rings is 2. The fourth-order valence-electron chi connectivity index (χ4n) is 2.57. The Bertz CT molecular complexity index is 604. The van der Waals surface area contributed by atoms with Crippen LogP contribution in [0.15, 0.2) is 36.4 Å². The molecule has 2 heteroatoms. The van der Waals surface area contributed by atoms with Gasteiger partial charge in [0.25, 0.3) is 0 Å². The second kappa shape index (κ2) is 6.10. The monoisotopic (exact) mass is 269 g/mol. The van der Waals surface area contributed by atoms with Crippen molar-refractivity contribution in [3.05, 3.63) is 64.2 Å². The van der Waals surface area contributed by atoms with Gasteiger partial charge in [0, 0.05) is 6.04 Å². The van der Waals surface area contributed by atoms with Gasteiger partial charge in [-0.25, -0.2) is 0 Å². The zero-order valence-electron chi connectivity index (χ0n) is 12.7. The van der Waals surface area contributed by atoms with E-state index in [4.69, 9.17) is 10.5 Å². The molecule has 2 aromatic carbocycles. The Labute approximate surface area is 121 Å². The van der Waals surface area contributed by atoms with Gasteiger partial charge in [0.1, 0.15) is 5.75 Å². The van der Waals surface area contributed by atoms with Gasteiger partial charge in [-0.05, 0) is 49.9 Å². The maximum atomic E-state index is 6.41. The minimum absolute atomic E-state index is 0.00870. The summed E-state index contributed by atoms with van der Waals surface area (Å²) in [6.07, 6.45) is 0.787. The molecule has 1 unspecified atom stereocenters. The molecule has 0 aliphatic carbocycles. The van der Waals surface area contributed by atoms with Crippen molar-refractivity contribution in [3.63, 3.8) is 0 Å². The normalized spacial score (nSPS) is 12.2. The second-order valence-corrected chi connectivity index (χ2v) is 5.49. The molecule has 0 spiro atoms. The Kier molecular flexibility index (Phi) is 4.46. The van der Waals surface area contributed by atoms with Crippen LogP contribution in [-0.2, 0) is 6.42 Å². The summed E-state index contributed by atoms with van der Waals surface area (Å²) < 4.78 is 5.44. The molecule has 0 amide bonds. The van der Waals surface area contributed by atoms with Crippen molar-refractivity contribution in [2.24, 2.45) is 5.73 Å². The van der Waals surface area contributed by atoms with Crippen LogP contribution in [0.25, 0.3) is 0 Å². The molecule has 0 saturated carbocycles. The number of rotatable bonds is 4. The third-order valence-corrected chi connectivity index (χ3v) is 3.71. The van der Waals surface area contributed by atoms with Gasteiger partial charge in [-0.2, -0.15) is 0 Å². The van der Waals surface area contributed by atoms with Crippen molar-refractivity contribution in [1.29, 1.82) is 0 Å². The summed E-state index contributed by atoms with van der Waals surface area (Å²) in [6, 6.07) is 12.7. The smallest absolute Gasteiger partial charge is 0.122 e. The van der Waals surface area contributed by atoms with E-state index < -0.39 is 0 Å². The highest BCUT2D eigenvalue weighted by Crippen LogP contribution is 2.26. The van der Waals surface area contributed by atoms with Gasteiger partial charge in [0.15, 0.2) is 0 Å². The van der Waals surface area contributed by atoms with Gasteiger partial charge in [-0.1, -0.05) is 41.5 Å². The van der Waals surface area contributed by atoms with Crippen molar-refractivity contribution in [2.75, 3.05) is 7.11 Å². The van der Waals surface area contributed by atoms with Crippen LogP contribution in [-0.4, -0.2) is 7.11 Å². The fourth-order valence-corrected chi connectivity index (χ4v) is 2.57. The predicted octanol–water partition coefficient (Wildman–Crippen LogP) is 3.86. The van der Waals surface area contributed by atoms with Crippen molar-refractivity contribution < 1.29 is 4.74 Å². The van der Waals surface area contributed by atoms with E-state index in [1.165, 1.54) is 27.8 Å². The first-order valence-electron chi connectivity index (χ1n) is 6.97. The molecule has 2 rings (SSSR count). The third kappa shape index (κ3) is 3.20. The van der Waals surface area contributed by atoms with Gasteiger partial charge in [-0.3, -0.25) is 0 Å². The van der Waals surface area contributed by atoms with E-state index in [1.54, 1.807) is 7.11 Å². The maximum absolute atomic E-state index is 6.41. The number of ether oxygens (including phenoxy) is 1. The summed E-state index contributed by atoms with van der Waals surface area (Å²) in [7, 11) is 1.71. The lowest BCUT2D eigenvalue weighted by Gasteiger charge is -2.17. The largest absolute Gasteiger partial charge is 0.496 e. The first-order valence-corrected chi connectivity index (χ1v) is 6.97. The van der Waals surface area contributed by atoms with Crippen LogP contribution in [0.4, 0.5) is 0 Å². The molecule has 0 fully saturated rings. The minimum atomic E-state index is -0.00870. The van der Waals surface area contributed by atoms with Gasteiger partial charge >= 0.3 is 0 Å². The van der Waals surface area contributed by atoms with Crippen LogP contribution in [0, 0.1) is 20.8 Å². The van der Waals surface area contributed by atoms with Crippen LogP contribution >= 0.6 is 0 Å². The van der Waals surface area contributed by atoms with E-state index in [9.17, 15) is 0 Å². The first kappa shape index (κ1) is 14.6. The van der Waals surface area contributed by atoms with Crippen molar-refractivity contribution >= 4 is 0 Å². The van der Waals surface area contributed by atoms with Crippen LogP contribution < -0.4 is 10.5 Å². The quantitative estimate of drug-likeness (QED) is 0.914. The van der Waals surface area contributed by atoms with E-state index in [0.717, 1.165) is 12.2 Å². The Hall–Kier alpha value is -1.80. The number of hydrogen-bond donors (Lipinski definition) is 1. The van der Waals surface area contributed by atoms with Gasteiger partial charge in [0.2, 0.25) is 0 Å². The van der Waals surface area contributed by atoms with E-state index in [0.29, 0.717) is 0 Å². The fraction of sp³-hybridized carbons (Fsp3) is 0.333. The molecule has 0 bridgehead atoms. The molecule has 2 nitrogen and oxygen atoms in total. The lowest BCUT2D eigenvalue weighted by atomic mass is 9.94. The highest BCUT2D eigenvalue weighted by molar-refractivity contribution is 5.40. The molecule has 0 radical (unpaired) electrons. The van der Waals surface area contributed by atoms with Crippen LogP contribution in [0.1, 0.15) is 33.9 Å². The minimum Gasteiger partial charge on any atom is -0.496 e. The van der Waals surface area contributed by atoms with Crippen molar-refractivity contribution in [1.82, 2.24) is 0 Å². The molecule has 0 aromatic heterocycles. The van der Waals surface area contributed by atoms with Gasteiger partial charge in [0.05, 0.1) is 7.11 Å². The molecule has 0 aliphatic rings. The Balaban J connectivity index is 2.29. The second-order valence-electron chi connectivity index (χ2n) is 5.49. The molecular formula is C18H23NO. The predicted molar refractivity (Wildman–Crippen MR) is 84.3 cm³/mol. The number of nitrogens with two attached hydrogens (primary N) is 1. The summed E-state index contributed by atoms with van der Waals surface area (Å²) >= 11 is 0. The topological polar surface area (TPSA) is 35.2 Å². The first-order chi connectivity index (χ1) is 9.51. The Morgan fingerprint density at radius 1 is 1.00 bits per heavy atom. The van der Waals surface area contributed by atoms with Crippen molar-refractivity contribution in [2.45, 2.75) is 33.2 Å². The molecule has 0 aliphatic heterocycles. The van der Waals surface area contributed by atoms with E-state index in [2.05, 4.69) is 51.1 Å². The van der Waals surface area contributed by atoms with Gasteiger partial charge < -0.3 is 10.5 Å². The lowest BCUT2D eigenvalue weighted by Crippen LogP contribution is -2.15. The van der Waals surface area contributed by atoms with Crippen LogP contribution in [0.3, 0.4) is 0 Å². The molecule has 0 saturated heterocycles. The zero-order chi connectivity index (χ0) is 14.7. The molecule has 2 aromatic rings. The summed E-state index contributed by atoms with van der Waals surface area (Å²) in [5.74, 6) is 0.913. The van der Waals surface area contributed by atoms with Crippen LogP contribution in [0.5, 0.6) is 5.75 Å². The SMILES string of the molecule is COc1ccc(C)cc1CC(N)c1cc(C)ccc1C. The Morgan fingerprint density at radius 2 is 1.65 bits per heavy atom. The van der Waals surface area contributed by atoms with Gasteiger partial charge in [-0.15, -0.1) is 0 Å². The van der Waals surface area contributed by atoms with E-state index in [-0.39, 0.29) is 6.04 Å². The number of hydrogen-bond acceptors (Lipinski definition) is 2. The van der Waals surface area contributed by atoms with E-state index in [1.807, 2.05) is 6.07 Å². The number of aryl methyl sites for hydroxylation is 3. The highest BCUT2D eigenvalue weighted by atomic mass is 16.5. The Morgan fingerprint density at radius 3 is 2.35 bits per heavy atom. The average Bonchev–Trinajstić information content (AvgIpc) is 2.41. The summed E-state index contributed by atoms with van der Waals surface area (Å²) in [5.41, 5.74) is 12.5. The zero-order valence-corrected chi connectivity index (χ0v) is 12.7. The maximum Gasteiger partial charge on any atom is 0.122 e. The van der Waals surface area contributed by atoms with E-state index >= 15 is 0 Å². The average molecular weight is 269 g/mol. The third-order valence-electron chi connectivity index (χ3n) is 3.71. The molecular weight excluding hydrogens is 246 g/mol. The summed E-state index contributed by atoms with van der Waals surface area (Å²) in [4.78, 5) is 0. The highest BCUT2D eigenvalue weighted by Gasteiger charge is 2.13. The molecule has 20 heavy (non-hydrogen) atoms. The molecule has 106 valence electrons. The molecule has 1 atom stereocenters. The summed E-state index contributed by atoms with van der Waals surface area (Å²) in [5, 5.41) is 0. The van der Waals surface area contributed by atoms with Crippen LogP contribution in [0.2, 0.25) is 0 Å². The standard InChI is InChI=1S/C18H23NO/c1-12-6-8-18(20-4)15(9-12)11-17(19)16-10-13(2)5-7-14(16)3/h5-10,17H,11,19H2,1-4H3. The van der Waals surface area contributed by atoms with Crippen molar-refractivity contribution in [3.8, 4) is 5.75 Å². The number of methoxy groups -OCH3 is 1.